The van der Waals surface area contributed by atoms with Gasteiger partial charge in [-0.05, 0) is 51.2 Å². The summed E-state index contributed by atoms with van der Waals surface area (Å²) in [6, 6.07) is 0. The Morgan fingerprint density at radius 2 is 1.88 bits per heavy atom. The molecule has 1 aromatic carbocycles. The van der Waals surface area contributed by atoms with Crippen LogP contribution in [0.25, 0.3) is 0 Å². The fourth-order valence-electron chi connectivity index (χ4n) is 2.69. The molecule has 0 fully saturated rings. The molecule has 0 saturated heterocycles. The van der Waals surface area contributed by atoms with Crippen LogP contribution in [0, 0.1) is 20.8 Å². The predicted molar refractivity (Wildman–Crippen MR) is 97.2 cm³/mol. The lowest BCUT2D eigenvalue weighted by molar-refractivity contribution is 0.0692. The van der Waals surface area contributed by atoms with Gasteiger partial charge in [0.05, 0.1) is 0 Å². The first-order valence-corrected chi connectivity index (χ1v) is 8.33. The van der Waals surface area contributed by atoms with E-state index in [1.807, 2.05) is 13.0 Å². The molecule has 1 unspecified atom stereocenters. The summed E-state index contributed by atoms with van der Waals surface area (Å²) in [6.45, 7) is 11.1. The average Bonchev–Trinajstić information content (AvgIpc) is 2.53. The predicted octanol–water partition coefficient (Wildman–Crippen LogP) is 5.09. The Hall–Kier alpha value is -2.23. The maximum atomic E-state index is 11.4. The van der Waals surface area contributed by atoms with E-state index in [0.29, 0.717) is 23.3 Å². The van der Waals surface area contributed by atoms with E-state index in [2.05, 4.69) is 25.7 Å². The SMILES string of the molecule is C=CCC(CC/C=C\CC)Oc1c(C)c(C)c(C(=O)O)c(O)c1C. The van der Waals surface area contributed by atoms with Crippen molar-refractivity contribution in [2.24, 2.45) is 0 Å². The molecular weight excluding hydrogens is 304 g/mol. The van der Waals surface area contributed by atoms with Gasteiger partial charge in [-0.2, -0.15) is 0 Å². The molecule has 132 valence electrons. The molecule has 24 heavy (non-hydrogen) atoms. The largest absolute Gasteiger partial charge is 0.507 e. The quantitative estimate of drug-likeness (QED) is 0.618. The third-order valence-electron chi connectivity index (χ3n) is 4.20. The van der Waals surface area contributed by atoms with Crippen molar-refractivity contribution in [2.75, 3.05) is 0 Å². The summed E-state index contributed by atoms with van der Waals surface area (Å²) >= 11 is 0. The summed E-state index contributed by atoms with van der Waals surface area (Å²) in [6.07, 6.45) is 9.46. The Balaban J connectivity index is 3.13. The van der Waals surface area contributed by atoms with Crippen molar-refractivity contribution in [1.29, 1.82) is 0 Å². The highest BCUT2D eigenvalue weighted by Crippen LogP contribution is 2.38. The summed E-state index contributed by atoms with van der Waals surface area (Å²) in [7, 11) is 0. The van der Waals surface area contributed by atoms with Gasteiger partial charge in [-0.3, -0.25) is 0 Å². The number of hydrogen-bond donors (Lipinski definition) is 2. The zero-order valence-electron chi connectivity index (χ0n) is 15.1. The number of allylic oxidation sites excluding steroid dienone is 2. The fraction of sp³-hybridized carbons (Fsp3) is 0.450. The number of hydrogen-bond acceptors (Lipinski definition) is 3. The zero-order valence-corrected chi connectivity index (χ0v) is 15.1. The summed E-state index contributed by atoms with van der Waals surface area (Å²) in [4.78, 5) is 11.4. The second-order valence-corrected chi connectivity index (χ2v) is 5.95. The molecule has 2 N–H and O–H groups in total. The molecule has 0 aliphatic carbocycles. The van der Waals surface area contributed by atoms with Crippen LogP contribution in [0.1, 0.15) is 59.7 Å². The molecule has 0 spiro atoms. The Morgan fingerprint density at radius 1 is 1.21 bits per heavy atom. The van der Waals surface area contributed by atoms with Crippen molar-refractivity contribution in [1.82, 2.24) is 0 Å². The van der Waals surface area contributed by atoms with Crippen molar-refractivity contribution in [3.8, 4) is 11.5 Å². The fourth-order valence-corrected chi connectivity index (χ4v) is 2.69. The first-order chi connectivity index (χ1) is 11.3. The molecule has 1 atom stereocenters. The van der Waals surface area contributed by atoms with Crippen LogP contribution in [0.2, 0.25) is 0 Å². The highest BCUT2D eigenvalue weighted by atomic mass is 16.5. The van der Waals surface area contributed by atoms with Gasteiger partial charge in [-0.25, -0.2) is 4.79 Å². The van der Waals surface area contributed by atoms with E-state index in [0.717, 1.165) is 24.8 Å². The van der Waals surface area contributed by atoms with Crippen LogP contribution < -0.4 is 4.74 Å². The Bertz CT molecular complexity index is 600. The molecule has 4 heteroatoms. The smallest absolute Gasteiger partial charge is 0.339 e. The standard InChI is InChI=1S/C20H28O4/c1-6-8-9-10-12-16(11-7-2)24-19-14(4)13(3)17(20(22)23)18(21)15(19)5/h7-9,16,21H,2,6,10-12H2,1,3-5H3,(H,22,23)/b9-8-. The third-order valence-corrected chi connectivity index (χ3v) is 4.20. The molecule has 0 aliphatic heterocycles. The van der Waals surface area contributed by atoms with Crippen LogP contribution in [-0.4, -0.2) is 22.3 Å². The molecule has 4 nitrogen and oxygen atoms in total. The van der Waals surface area contributed by atoms with E-state index in [4.69, 9.17) is 4.74 Å². The molecule has 0 radical (unpaired) electrons. The van der Waals surface area contributed by atoms with E-state index in [1.54, 1.807) is 13.8 Å². The van der Waals surface area contributed by atoms with Gasteiger partial charge in [0, 0.05) is 12.0 Å². The van der Waals surface area contributed by atoms with E-state index < -0.39 is 5.97 Å². The number of rotatable bonds is 9. The normalized spacial score (nSPS) is 12.3. The van der Waals surface area contributed by atoms with Crippen LogP contribution in [0.3, 0.4) is 0 Å². The second kappa shape index (κ2) is 9.16. The minimum absolute atomic E-state index is 0.0523. The maximum Gasteiger partial charge on any atom is 0.339 e. The topological polar surface area (TPSA) is 66.8 Å². The lowest BCUT2D eigenvalue weighted by Gasteiger charge is -2.23. The summed E-state index contributed by atoms with van der Waals surface area (Å²) in [5.74, 6) is -0.778. The number of aromatic carboxylic acids is 1. The summed E-state index contributed by atoms with van der Waals surface area (Å²) in [5, 5.41) is 19.5. The Kier molecular flexibility index (Phi) is 7.56. The summed E-state index contributed by atoms with van der Waals surface area (Å²) in [5.41, 5.74) is 1.70. The van der Waals surface area contributed by atoms with Crippen molar-refractivity contribution < 1.29 is 19.7 Å². The van der Waals surface area contributed by atoms with Crippen molar-refractivity contribution in [2.45, 2.75) is 59.5 Å². The summed E-state index contributed by atoms with van der Waals surface area (Å²) < 4.78 is 6.13. The zero-order chi connectivity index (χ0) is 18.3. The van der Waals surface area contributed by atoms with E-state index >= 15 is 0 Å². The van der Waals surface area contributed by atoms with Gasteiger partial charge < -0.3 is 14.9 Å². The maximum absolute atomic E-state index is 11.4. The van der Waals surface area contributed by atoms with Crippen molar-refractivity contribution in [3.63, 3.8) is 0 Å². The molecule has 0 aromatic heterocycles. The number of phenols is 1. The number of ether oxygens (including phenoxy) is 1. The number of carbonyl (C=O) groups is 1. The number of carboxylic acid groups (broad SMARTS) is 1. The molecule has 0 amide bonds. The van der Waals surface area contributed by atoms with Gasteiger partial charge in [-0.15, -0.1) is 6.58 Å². The van der Waals surface area contributed by atoms with Gasteiger partial charge in [0.1, 0.15) is 23.2 Å². The van der Waals surface area contributed by atoms with E-state index in [-0.39, 0.29) is 17.4 Å². The monoisotopic (exact) mass is 332 g/mol. The van der Waals surface area contributed by atoms with Gasteiger partial charge in [0.2, 0.25) is 0 Å². The van der Waals surface area contributed by atoms with Crippen LogP contribution in [0.5, 0.6) is 11.5 Å². The van der Waals surface area contributed by atoms with Crippen molar-refractivity contribution >= 4 is 5.97 Å². The second-order valence-electron chi connectivity index (χ2n) is 5.95. The lowest BCUT2D eigenvalue weighted by Crippen LogP contribution is -2.17. The van der Waals surface area contributed by atoms with Gasteiger partial charge >= 0.3 is 5.97 Å². The van der Waals surface area contributed by atoms with Gasteiger partial charge in [-0.1, -0.05) is 25.2 Å². The highest BCUT2D eigenvalue weighted by Gasteiger charge is 2.23. The van der Waals surface area contributed by atoms with Gasteiger partial charge in [0.15, 0.2) is 0 Å². The minimum atomic E-state index is -1.13. The Labute approximate surface area is 144 Å². The van der Waals surface area contributed by atoms with Crippen LogP contribution >= 0.6 is 0 Å². The van der Waals surface area contributed by atoms with Crippen LogP contribution in [0.15, 0.2) is 24.8 Å². The third kappa shape index (κ3) is 4.63. The molecule has 0 heterocycles. The van der Waals surface area contributed by atoms with Crippen molar-refractivity contribution in [3.05, 3.63) is 47.1 Å². The molecule has 1 aromatic rings. The van der Waals surface area contributed by atoms with Gasteiger partial charge in [0.25, 0.3) is 0 Å². The number of carboxylic acids is 1. The van der Waals surface area contributed by atoms with E-state index in [9.17, 15) is 15.0 Å². The highest BCUT2D eigenvalue weighted by molar-refractivity contribution is 5.94. The molecule has 0 aliphatic rings. The molecule has 0 bridgehead atoms. The van der Waals surface area contributed by atoms with Crippen LogP contribution in [-0.2, 0) is 0 Å². The van der Waals surface area contributed by atoms with Crippen LogP contribution in [0.4, 0.5) is 0 Å². The number of aromatic hydroxyl groups is 1. The lowest BCUT2D eigenvalue weighted by atomic mass is 9.97. The van der Waals surface area contributed by atoms with E-state index in [1.165, 1.54) is 0 Å². The minimum Gasteiger partial charge on any atom is -0.507 e. The first-order valence-electron chi connectivity index (χ1n) is 8.33. The Morgan fingerprint density at radius 3 is 2.42 bits per heavy atom. The molecule has 1 rings (SSSR count). The molecular formula is C20H28O4. The molecule has 0 saturated carbocycles. The first kappa shape index (κ1) is 19.8. The average molecular weight is 332 g/mol. The number of benzene rings is 1.